The van der Waals surface area contributed by atoms with Crippen LogP contribution in [0.4, 0.5) is 4.79 Å². The third-order valence-electron chi connectivity index (χ3n) is 6.77. The number of ether oxygens (including phenoxy) is 1. The molecule has 1 fully saturated rings. The van der Waals surface area contributed by atoms with Crippen LogP contribution >= 0.6 is 12.2 Å². The molecular formula is C29H32IN4O2S-. The number of amides is 1. The van der Waals surface area contributed by atoms with Crippen molar-refractivity contribution in [1.82, 2.24) is 17.6 Å². The fourth-order valence-corrected chi connectivity index (χ4v) is 7.87. The number of rotatable bonds is 8. The van der Waals surface area contributed by atoms with Crippen LogP contribution in [0.3, 0.4) is 0 Å². The zero-order chi connectivity index (χ0) is 25.6. The van der Waals surface area contributed by atoms with E-state index in [-0.39, 0.29) is 12.1 Å². The van der Waals surface area contributed by atoms with E-state index in [1.807, 2.05) is 27.4 Å². The molecule has 1 saturated heterocycles. The number of para-hydroxylation sites is 2. The second-order valence-electron chi connectivity index (χ2n) is 9.42. The molecule has 194 valence electrons. The Morgan fingerprint density at radius 3 is 2.27 bits per heavy atom. The molecule has 0 spiro atoms. The third kappa shape index (κ3) is 6.42. The molecule has 2 atom stereocenters. The van der Waals surface area contributed by atoms with E-state index in [9.17, 15) is 4.79 Å². The van der Waals surface area contributed by atoms with Gasteiger partial charge in [-0.25, -0.2) is 0 Å². The molecule has 6 nitrogen and oxygen atoms in total. The minimum absolute atomic E-state index is 0.0876. The van der Waals surface area contributed by atoms with Gasteiger partial charge in [0.2, 0.25) is 0 Å². The van der Waals surface area contributed by atoms with Crippen molar-refractivity contribution in [2.45, 2.75) is 38.5 Å². The first-order valence-corrected chi connectivity index (χ1v) is 15.5. The Bertz CT molecular complexity index is 1330. The third-order valence-corrected chi connectivity index (χ3v) is 10.2. The van der Waals surface area contributed by atoms with Gasteiger partial charge in [-0.1, -0.05) is 0 Å². The average molecular weight is 628 g/mol. The number of hydrogen-bond donors (Lipinski definition) is 1. The number of H-pyrrole nitrogens is 1. The summed E-state index contributed by atoms with van der Waals surface area (Å²) < 4.78 is 11.8. The monoisotopic (exact) mass is 627 g/mol. The Labute approximate surface area is 233 Å². The van der Waals surface area contributed by atoms with Crippen LogP contribution in [0.5, 0.6) is 0 Å². The molecule has 1 amide bonds. The maximum absolute atomic E-state index is 13.0. The van der Waals surface area contributed by atoms with E-state index in [2.05, 4.69) is 82.0 Å². The standard InChI is InChI=1S/C29H32IN4O2S/c1-22(32(19-23-10-4-2-5-11-23)20-24-12-6-3-7-13-24)21-36-29(35)33-17-16-25(18-30-33)34-27-15-9-8-14-26(27)31-28(34)37/h2-15,22,25H,16-21H2,1H3,(H,31,37)/q-1/t22-,25?/m0/s1. The summed E-state index contributed by atoms with van der Waals surface area (Å²) in [5.41, 5.74) is 4.71. The number of carbonyl (C=O) groups excluding carboxylic acids is 1. The predicted molar refractivity (Wildman–Crippen MR) is 145 cm³/mol. The number of benzene rings is 3. The first-order valence-electron chi connectivity index (χ1n) is 12.6. The molecule has 0 radical (unpaired) electrons. The average Bonchev–Trinajstić information content (AvgIpc) is 3.28. The van der Waals surface area contributed by atoms with Crippen LogP contribution in [0.15, 0.2) is 84.9 Å². The molecule has 5 rings (SSSR count). The summed E-state index contributed by atoms with van der Waals surface area (Å²) in [6, 6.07) is 29.6. The van der Waals surface area contributed by atoms with Gasteiger partial charge >= 0.3 is 235 Å². The predicted octanol–water partition coefficient (Wildman–Crippen LogP) is 3.18. The maximum atomic E-state index is 13.0. The number of nitrogens with zero attached hydrogens (tertiary/aromatic N) is 3. The summed E-state index contributed by atoms with van der Waals surface area (Å²) in [6.45, 7) is 4.83. The molecule has 0 aliphatic carbocycles. The van der Waals surface area contributed by atoms with E-state index in [1.54, 1.807) is 0 Å². The zero-order valence-corrected chi connectivity index (χ0v) is 23.9. The number of hydrogen-bond acceptors (Lipinski definition) is 4. The molecule has 8 heteroatoms. The fourth-order valence-electron chi connectivity index (χ4n) is 4.71. The molecule has 1 aliphatic heterocycles. The Morgan fingerprint density at radius 2 is 1.65 bits per heavy atom. The number of nitrogens with one attached hydrogen (secondary N) is 1. The van der Waals surface area contributed by atoms with Crippen molar-refractivity contribution in [3.05, 3.63) is 101 Å². The normalized spacial score (nSPS) is 16.9. The summed E-state index contributed by atoms with van der Waals surface area (Å²) in [7, 11) is 0. The molecular weight excluding hydrogens is 595 g/mol. The number of aromatic amines is 1. The van der Waals surface area contributed by atoms with Crippen molar-refractivity contribution in [1.29, 1.82) is 0 Å². The van der Waals surface area contributed by atoms with E-state index >= 15 is 0 Å². The van der Waals surface area contributed by atoms with Crippen LogP contribution in [0.1, 0.15) is 30.5 Å². The van der Waals surface area contributed by atoms with Crippen LogP contribution in [0.25, 0.3) is 11.0 Å². The molecule has 0 saturated carbocycles. The number of carbonyl (C=O) groups is 1. The van der Waals surface area contributed by atoms with Gasteiger partial charge in [-0.2, -0.15) is 0 Å². The van der Waals surface area contributed by atoms with Gasteiger partial charge in [-0.15, -0.1) is 0 Å². The van der Waals surface area contributed by atoms with E-state index < -0.39 is 21.5 Å². The van der Waals surface area contributed by atoms with Gasteiger partial charge in [-0.3, -0.25) is 0 Å². The van der Waals surface area contributed by atoms with Crippen LogP contribution in [-0.4, -0.2) is 47.3 Å². The van der Waals surface area contributed by atoms with Gasteiger partial charge in [0, 0.05) is 0 Å². The van der Waals surface area contributed by atoms with E-state index in [0.29, 0.717) is 19.2 Å². The van der Waals surface area contributed by atoms with Crippen molar-refractivity contribution in [3.8, 4) is 0 Å². The first-order chi connectivity index (χ1) is 18.1. The molecule has 1 aromatic heterocycles. The van der Waals surface area contributed by atoms with Gasteiger partial charge in [0.1, 0.15) is 0 Å². The summed E-state index contributed by atoms with van der Waals surface area (Å²) in [5.74, 6) is 0. The summed E-state index contributed by atoms with van der Waals surface area (Å²) in [4.78, 5) is 18.7. The van der Waals surface area contributed by atoms with E-state index in [4.69, 9.17) is 17.0 Å². The van der Waals surface area contributed by atoms with Gasteiger partial charge in [0.15, 0.2) is 0 Å². The van der Waals surface area contributed by atoms with Crippen molar-refractivity contribution >= 4 is 29.3 Å². The summed E-state index contributed by atoms with van der Waals surface area (Å²) in [6.07, 6.45) is 0.703. The second-order valence-corrected chi connectivity index (χ2v) is 12.5. The molecule has 0 bridgehead atoms. The van der Waals surface area contributed by atoms with Crippen LogP contribution in [-0.2, 0) is 17.8 Å². The van der Waals surface area contributed by atoms with Gasteiger partial charge in [0.05, 0.1) is 0 Å². The second kappa shape index (κ2) is 12.2. The molecule has 3 aromatic carbocycles. The van der Waals surface area contributed by atoms with Crippen molar-refractivity contribution in [3.63, 3.8) is 0 Å². The number of halogens is 1. The first kappa shape index (κ1) is 25.9. The van der Waals surface area contributed by atoms with E-state index in [1.165, 1.54) is 11.1 Å². The van der Waals surface area contributed by atoms with Crippen molar-refractivity contribution in [2.75, 3.05) is 17.6 Å². The van der Waals surface area contributed by atoms with Gasteiger partial charge in [0.25, 0.3) is 0 Å². The zero-order valence-electron chi connectivity index (χ0n) is 20.9. The summed E-state index contributed by atoms with van der Waals surface area (Å²) >= 11 is 5.14. The summed E-state index contributed by atoms with van der Waals surface area (Å²) in [5, 5.41) is 0. The molecule has 1 aliphatic rings. The van der Waals surface area contributed by atoms with Gasteiger partial charge in [-0.05, 0) is 0 Å². The fraction of sp³-hybridized carbons (Fsp3) is 0.310. The molecule has 37 heavy (non-hydrogen) atoms. The molecule has 1 unspecified atom stereocenters. The molecule has 1 N–H and O–H groups in total. The molecule has 4 aromatic rings. The van der Waals surface area contributed by atoms with Crippen molar-refractivity contribution in [2.24, 2.45) is 0 Å². The Hall–Kier alpha value is -2.69. The quantitative estimate of drug-likeness (QED) is 0.141. The Kier molecular flexibility index (Phi) is 8.58. The van der Waals surface area contributed by atoms with Crippen LogP contribution in [0.2, 0.25) is 0 Å². The van der Waals surface area contributed by atoms with Crippen molar-refractivity contribution < 1.29 is 31.0 Å². The Morgan fingerprint density at radius 1 is 1.03 bits per heavy atom. The number of imidazole rings is 1. The van der Waals surface area contributed by atoms with Crippen LogP contribution in [0, 0.1) is 4.77 Å². The topological polar surface area (TPSA) is 53.5 Å². The van der Waals surface area contributed by atoms with Crippen LogP contribution < -0.4 is 21.5 Å². The Balaban J connectivity index is 1.17. The number of aromatic nitrogens is 2. The number of fused-ring (bicyclic) bond motifs is 1. The SMILES string of the molecule is C[C@@H](COC(=O)N1CCC(n2c(=S)[nH]c3ccccc32)C[I-]1)N(Cc1ccccc1)Cc1ccccc1. The number of alkyl halides is 1. The van der Waals surface area contributed by atoms with Gasteiger partial charge < -0.3 is 0 Å². The minimum atomic E-state index is -0.473. The molecule has 2 heterocycles. The van der Waals surface area contributed by atoms with E-state index in [0.717, 1.165) is 39.7 Å².